The van der Waals surface area contributed by atoms with Crippen molar-refractivity contribution in [1.29, 1.82) is 0 Å². The molecule has 3 nitrogen and oxygen atoms in total. The van der Waals surface area contributed by atoms with Crippen LogP contribution < -0.4 is 5.32 Å². The lowest BCUT2D eigenvalue weighted by Crippen LogP contribution is -2.35. The van der Waals surface area contributed by atoms with Crippen LogP contribution in [0.1, 0.15) is 45.4 Å². The van der Waals surface area contributed by atoms with Gasteiger partial charge in [0.05, 0.1) is 0 Å². The molecule has 1 fully saturated rings. The summed E-state index contributed by atoms with van der Waals surface area (Å²) in [6.07, 6.45) is 10.4. The van der Waals surface area contributed by atoms with E-state index in [1.807, 2.05) is 6.20 Å². The molecule has 20 heavy (non-hydrogen) atoms. The Morgan fingerprint density at radius 1 is 1.40 bits per heavy atom. The van der Waals surface area contributed by atoms with Gasteiger partial charge in [0.25, 0.3) is 0 Å². The van der Waals surface area contributed by atoms with Crippen molar-refractivity contribution in [1.82, 2.24) is 14.9 Å². The van der Waals surface area contributed by atoms with Crippen molar-refractivity contribution in [2.24, 2.45) is 5.92 Å². The Kier molecular flexibility index (Phi) is 6.94. The smallest absolute Gasteiger partial charge is 0.110 e. The largest absolute Gasteiger partial charge is 0.335 e. The van der Waals surface area contributed by atoms with E-state index < -0.39 is 0 Å². The van der Waals surface area contributed by atoms with Crippen LogP contribution in [0, 0.1) is 5.92 Å². The van der Waals surface area contributed by atoms with Crippen molar-refractivity contribution in [2.45, 2.75) is 58.5 Å². The molecule has 114 valence electrons. The molecular weight excluding hydrogens is 266 g/mol. The second kappa shape index (κ2) is 8.73. The normalized spacial score (nSPS) is 18.3. The molecule has 0 bridgehead atoms. The van der Waals surface area contributed by atoms with Gasteiger partial charge in [-0.2, -0.15) is 11.8 Å². The maximum Gasteiger partial charge on any atom is 0.110 e. The van der Waals surface area contributed by atoms with Gasteiger partial charge in [-0.1, -0.05) is 6.92 Å². The van der Waals surface area contributed by atoms with Crippen LogP contribution in [-0.2, 0) is 13.0 Å². The van der Waals surface area contributed by atoms with E-state index in [-0.39, 0.29) is 0 Å². The summed E-state index contributed by atoms with van der Waals surface area (Å²) in [7, 11) is 0. The lowest BCUT2D eigenvalue weighted by molar-refractivity contribution is 0.356. The lowest BCUT2D eigenvalue weighted by atomic mass is 9.92. The standard InChI is InChI=1S/C16H29N3S/c1-3-7-17-15(12-14-5-10-20-11-6-14)13-16-18-8-9-19(16)4-2/h8-9,14-15,17H,3-7,10-13H2,1-2H3. The molecule has 0 aromatic carbocycles. The maximum atomic E-state index is 4.55. The molecule has 4 heteroatoms. The van der Waals surface area contributed by atoms with E-state index >= 15 is 0 Å². The number of nitrogens with one attached hydrogen (secondary N) is 1. The molecule has 1 aromatic heterocycles. The Morgan fingerprint density at radius 3 is 2.90 bits per heavy atom. The highest BCUT2D eigenvalue weighted by Crippen LogP contribution is 2.27. The summed E-state index contributed by atoms with van der Waals surface area (Å²) in [4.78, 5) is 4.55. The van der Waals surface area contributed by atoms with Crippen LogP contribution in [0.5, 0.6) is 0 Å². The van der Waals surface area contributed by atoms with Crippen LogP contribution in [0.4, 0.5) is 0 Å². The fraction of sp³-hybridized carbons (Fsp3) is 0.812. The molecule has 0 saturated carbocycles. The van der Waals surface area contributed by atoms with E-state index in [4.69, 9.17) is 0 Å². The van der Waals surface area contributed by atoms with Crippen molar-refractivity contribution in [3.8, 4) is 0 Å². The van der Waals surface area contributed by atoms with Gasteiger partial charge < -0.3 is 9.88 Å². The SMILES string of the molecule is CCCNC(Cc1nccn1CC)CC1CCSCC1. The summed E-state index contributed by atoms with van der Waals surface area (Å²) in [5, 5.41) is 3.75. The third-order valence-corrected chi connectivity index (χ3v) is 5.26. The topological polar surface area (TPSA) is 29.9 Å². The molecule has 0 aliphatic carbocycles. The van der Waals surface area contributed by atoms with E-state index in [0.717, 1.165) is 25.4 Å². The van der Waals surface area contributed by atoms with Gasteiger partial charge in [-0.25, -0.2) is 4.98 Å². The quantitative estimate of drug-likeness (QED) is 0.797. The third kappa shape index (κ3) is 4.81. The van der Waals surface area contributed by atoms with Gasteiger partial charge in [0, 0.05) is 31.4 Å². The number of hydrogen-bond donors (Lipinski definition) is 1. The fourth-order valence-electron chi connectivity index (χ4n) is 3.01. The van der Waals surface area contributed by atoms with Crippen molar-refractivity contribution in [3.05, 3.63) is 18.2 Å². The van der Waals surface area contributed by atoms with Crippen molar-refractivity contribution in [3.63, 3.8) is 0 Å². The number of imidazole rings is 1. The van der Waals surface area contributed by atoms with Gasteiger partial charge >= 0.3 is 0 Å². The molecule has 1 N–H and O–H groups in total. The van der Waals surface area contributed by atoms with Crippen LogP contribution in [0.25, 0.3) is 0 Å². The molecule has 2 heterocycles. The second-order valence-electron chi connectivity index (χ2n) is 5.78. The molecule has 0 spiro atoms. The number of aryl methyl sites for hydroxylation is 1. The molecule has 1 saturated heterocycles. The predicted molar refractivity (Wildman–Crippen MR) is 88.4 cm³/mol. The zero-order valence-corrected chi connectivity index (χ0v) is 13.8. The van der Waals surface area contributed by atoms with Gasteiger partial charge in [-0.15, -0.1) is 0 Å². The monoisotopic (exact) mass is 295 g/mol. The Hall–Kier alpha value is -0.480. The highest BCUT2D eigenvalue weighted by Gasteiger charge is 2.20. The van der Waals surface area contributed by atoms with Crippen LogP contribution in [0.15, 0.2) is 12.4 Å². The minimum Gasteiger partial charge on any atom is -0.335 e. The van der Waals surface area contributed by atoms with Crippen LogP contribution >= 0.6 is 11.8 Å². The number of rotatable bonds is 8. The van der Waals surface area contributed by atoms with Crippen LogP contribution in [0.3, 0.4) is 0 Å². The van der Waals surface area contributed by atoms with E-state index in [1.165, 1.54) is 43.0 Å². The summed E-state index contributed by atoms with van der Waals surface area (Å²) in [5.41, 5.74) is 0. The van der Waals surface area contributed by atoms with E-state index in [9.17, 15) is 0 Å². The van der Waals surface area contributed by atoms with Gasteiger partial charge in [-0.05, 0) is 56.6 Å². The Labute approximate surface area is 127 Å². The molecule has 1 aromatic rings. The average molecular weight is 295 g/mol. The van der Waals surface area contributed by atoms with Crippen LogP contribution in [-0.4, -0.2) is 33.6 Å². The first-order valence-electron chi connectivity index (χ1n) is 8.14. The second-order valence-corrected chi connectivity index (χ2v) is 7.00. The lowest BCUT2D eigenvalue weighted by Gasteiger charge is -2.27. The first kappa shape index (κ1) is 15.9. The van der Waals surface area contributed by atoms with Crippen LogP contribution in [0.2, 0.25) is 0 Å². The van der Waals surface area contributed by atoms with Crippen molar-refractivity contribution < 1.29 is 0 Å². The summed E-state index contributed by atoms with van der Waals surface area (Å²) in [5.74, 6) is 4.87. The highest BCUT2D eigenvalue weighted by molar-refractivity contribution is 7.99. The predicted octanol–water partition coefficient (Wildman–Crippen LogP) is 3.35. The van der Waals surface area contributed by atoms with Gasteiger partial charge in [0.15, 0.2) is 0 Å². The highest BCUT2D eigenvalue weighted by atomic mass is 32.2. The van der Waals surface area contributed by atoms with E-state index in [1.54, 1.807) is 0 Å². The molecule has 1 unspecified atom stereocenters. The first-order valence-corrected chi connectivity index (χ1v) is 9.30. The molecule has 2 rings (SSSR count). The zero-order chi connectivity index (χ0) is 14.2. The average Bonchev–Trinajstić information content (AvgIpc) is 2.93. The molecule has 0 radical (unpaired) electrons. The van der Waals surface area contributed by atoms with Gasteiger partial charge in [0.1, 0.15) is 5.82 Å². The Morgan fingerprint density at radius 2 is 2.20 bits per heavy atom. The Bertz CT molecular complexity index is 372. The molecule has 1 atom stereocenters. The minimum atomic E-state index is 0.593. The zero-order valence-electron chi connectivity index (χ0n) is 13.0. The molecular formula is C16H29N3S. The van der Waals surface area contributed by atoms with Crippen molar-refractivity contribution >= 4 is 11.8 Å². The summed E-state index contributed by atoms with van der Waals surface area (Å²) >= 11 is 2.12. The summed E-state index contributed by atoms with van der Waals surface area (Å²) in [6.45, 7) is 6.58. The van der Waals surface area contributed by atoms with E-state index in [0.29, 0.717) is 6.04 Å². The van der Waals surface area contributed by atoms with Gasteiger partial charge in [0.2, 0.25) is 0 Å². The number of nitrogens with zero attached hydrogens (tertiary/aromatic N) is 2. The van der Waals surface area contributed by atoms with Crippen molar-refractivity contribution in [2.75, 3.05) is 18.1 Å². The first-order chi connectivity index (χ1) is 9.83. The molecule has 1 aliphatic heterocycles. The maximum absolute atomic E-state index is 4.55. The Balaban J connectivity index is 1.91. The number of hydrogen-bond acceptors (Lipinski definition) is 3. The third-order valence-electron chi connectivity index (χ3n) is 4.21. The minimum absolute atomic E-state index is 0.593. The molecule has 0 amide bonds. The summed E-state index contributed by atoms with van der Waals surface area (Å²) in [6, 6.07) is 0.593. The van der Waals surface area contributed by atoms with Gasteiger partial charge in [-0.3, -0.25) is 0 Å². The van der Waals surface area contributed by atoms with E-state index in [2.05, 4.69) is 46.7 Å². The number of thioether (sulfide) groups is 1. The fourth-order valence-corrected chi connectivity index (χ4v) is 4.21. The number of aromatic nitrogens is 2. The summed E-state index contributed by atoms with van der Waals surface area (Å²) < 4.78 is 2.28. The molecule has 1 aliphatic rings.